The Morgan fingerprint density at radius 3 is 1.21 bits per heavy atom. The number of rotatable bonds is 4. The van der Waals surface area contributed by atoms with E-state index >= 15 is 0 Å². The number of amides is 4. The van der Waals surface area contributed by atoms with E-state index in [1.165, 1.54) is 0 Å². The fourth-order valence-corrected chi connectivity index (χ4v) is 5.88. The molecule has 0 spiro atoms. The molecule has 0 radical (unpaired) electrons. The van der Waals surface area contributed by atoms with Crippen molar-refractivity contribution in [1.82, 2.24) is 9.80 Å². The van der Waals surface area contributed by atoms with Crippen molar-refractivity contribution in [2.75, 3.05) is 22.9 Å². The highest BCUT2D eigenvalue weighted by atomic mass is 16.2. The van der Waals surface area contributed by atoms with Crippen LogP contribution in [0.15, 0.2) is 121 Å². The lowest BCUT2D eigenvalue weighted by molar-refractivity contribution is 0.0394. The highest BCUT2D eigenvalue weighted by Crippen LogP contribution is 2.35. The number of nitrogens with zero attached hydrogens (tertiary/aromatic N) is 4. The second kappa shape index (κ2) is 11.0. The monoisotopic (exact) mass is 516 g/mol. The zero-order valence-electron chi connectivity index (χ0n) is 21.8. The second-order valence-corrected chi connectivity index (χ2v) is 10.1. The van der Waals surface area contributed by atoms with Gasteiger partial charge in [-0.25, -0.2) is 9.59 Å². The number of hydrogen-bond acceptors (Lipinski definition) is 2. The van der Waals surface area contributed by atoms with Crippen molar-refractivity contribution in [3.63, 3.8) is 0 Å². The molecule has 0 N–H and O–H groups in total. The van der Waals surface area contributed by atoms with E-state index < -0.39 is 0 Å². The molecule has 2 atom stereocenters. The maximum absolute atomic E-state index is 14.3. The molecule has 0 aliphatic carbocycles. The van der Waals surface area contributed by atoms with Crippen molar-refractivity contribution in [1.29, 1.82) is 0 Å². The molecule has 2 heterocycles. The summed E-state index contributed by atoms with van der Waals surface area (Å²) in [5, 5.41) is 0. The molecule has 2 saturated heterocycles. The fourth-order valence-electron chi connectivity index (χ4n) is 5.88. The standard InChI is InChI=1S/C33H32N4O2/c38-32(35(26-14-5-1-6-15-26)27-16-7-2-8-17-27)34-24-30-22-13-23-31(25-34)37(30)33(39)36(28-18-9-3-10-19-28)29-20-11-4-12-21-29/h1-12,14-21,30-31H,13,22-25H2/t30-,31+. The van der Waals surface area contributed by atoms with Gasteiger partial charge in [0.2, 0.25) is 0 Å². The summed E-state index contributed by atoms with van der Waals surface area (Å²) in [6.07, 6.45) is 2.80. The first-order valence-corrected chi connectivity index (χ1v) is 13.6. The summed E-state index contributed by atoms with van der Waals surface area (Å²) in [6, 6.07) is 39.0. The molecule has 4 aromatic carbocycles. The molecule has 2 aliphatic rings. The lowest BCUT2D eigenvalue weighted by Crippen LogP contribution is -2.66. The zero-order chi connectivity index (χ0) is 26.6. The number of piperazine rings is 1. The van der Waals surface area contributed by atoms with Gasteiger partial charge in [0.25, 0.3) is 0 Å². The van der Waals surface area contributed by atoms with Crippen LogP contribution in [0.2, 0.25) is 0 Å². The summed E-state index contributed by atoms with van der Waals surface area (Å²) in [6.45, 7) is 1.02. The van der Waals surface area contributed by atoms with Crippen LogP contribution in [0.4, 0.5) is 32.3 Å². The van der Waals surface area contributed by atoms with Crippen LogP contribution in [0, 0.1) is 0 Å². The molecule has 4 aromatic rings. The maximum Gasteiger partial charge on any atom is 0.329 e. The molecule has 2 fully saturated rings. The van der Waals surface area contributed by atoms with Crippen LogP contribution < -0.4 is 9.80 Å². The Balaban J connectivity index is 1.30. The third kappa shape index (κ3) is 4.98. The second-order valence-electron chi connectivity index (χ2n) is 10.1. The third-order valence-electron chi connectivity index (χ3n) is 7.66. The molecule has 2 aliphatic heterocycles. The molecule has 0 aromatic heterocycles. The first-order valence-electron chi connectivity index (χ1n) is 13.6. The summed E-state index contributed by atoms with van der Waals surface area (Å²) >= 11 is 0. The number of fused-ring (bicyclic) bond motifs is 2. The van der Waals surface area contributed by atoms with Crippen molar-refractivity contribution in [2.45, 2.75) is 31.3 Å². The Bertz CT molecular complexity index is 1310. The van der Waals surface area contributed by atoms with Gasteiger partial charge in [-0.05, 0) is 67.8 Å². The topological polar surface area (TPSA) is 47.1 Å². The summed E-state index contributed by atoms with van der Waals surface area (Å²) in [7, 11) is 0. The van der Waals surface area contributed by atoms with Crippen molar-refractivity contribution in [3.8, 4) is 0 Å². The van der Waals surface area contributed by atoms with Gasteiger partial charge in [0.15, 0.2) is 0 Å². The van der Waals surface area contributed by atoms with Crippen molar-refractivity contribution < 1.29 is 9.59 Å². The van der Waals surface area contributed by atoms with Gasteiger partial charge in [-0.1, -0.05) is 72.8 Å². The number of benzene rings is 4. The Morgan fingerprint density at radius 1 is 0.513 bits per heavy atom. The average Bonchev–Trinajstić information content (AvgIpc) is 2.99. The summed E-state index contributed by atoms with van der Waals surface area (Å²) in [5.74, 6) is 0. The first kappa shape index (κ1) is 24.7. The van der Waals surface area contributed by atoms with E-state index in [2.05, 4.69) is 0 Å². The van der Waals surface area contributed by atoms with Crippen molar-refractivity contribution >= 4 is 34.8 Å². The number of anilines is 4. The Morgan fingerprint density at radius 2 is 0.846 bits per heavy atom. The smallest absolute Gasteiger partial charge is 0.320 e. The van der Waals surface area contributed by atoms with Crippen LogP contribution >= 0.6 is 0 Å². The van der Waals surface area contributed by atoms with Crippen LogP contribution in [-0.2, 0) is 0 Å². The molecule has 196 valence electrons. The van der Waals surface area contributed by atoms with E-state index in [1.807, 2.05) is 136 Å². The summed E-state index contributed by atoms with van der Waals surface area (Å²) in [4.78, 5) is 36.0. The molecule has 0 saturated carbocycles. The summed E-state index contributed by atoms with van der Waals surface area (Å²) < 4.78 is 0. The van der Waals surface area contributed by atoms with E-state index in [9.17, 15) is 9.59 Å². The van der Waals surface area contributed by atoms with E-state index in [0.29, 0.717) is 13.1 Å². The van der Waals surface area contributed by atoms with Crippen LogP contribution in [0.1, 0.15) is 19.3 Å². The molecule has 39 heavy (non-hydrogen) atoms. The van der Waals surface area contributed by atoms with E-state index in [4.69, 9.17) is 0 Å². The number of hydrogen-bond donors (Lipinski definition) is 0. The number of urea groups is 2. The van der Waals surface area contributed by atoms with Gasteiger partial charge < -0.3 is 9.80 Å². The lowest BCUT2D eigenvalue weighted by Gasteiger charge is -2.51. The number of para-hydroxylation sites is 4. The van der Waals surface area contributed by atoms with Crippen LogP contribution in [0.25, 0.3) is 0 Å². The minimum atomic E-state index is -0.0561. The molecule has 2 bridgehead atoms. The molecule has 6 heteroatoms. The molecule has 4 amide bonds. The number of likely N-dealkylation sites (tertiary alicyclic amines) is 1. The Kier molecular flexibility index (Phi) is 7.00. The maximum atomic E-state index is 14.3. The molecule has 6 rings (SSSR count). The number of piperidine rings is 1. The Labute approximate surface area is 229 Å². The minimum absolute atomic E-state index is 0.0304. The predicted molar refractivity (Wildman–Crippen MR) is 156 cm³/mol. The third-order valence-corrected chi connectivity index (χ3v) is 7.66. The van der Waals surface area contributed by atoms with E-state index in [-0.39, 0.29) is 24.1 Å². The van der Waals surface area contributed by atoms with Gasteiger partial charge in [-0.3, -0.25) is 9.80 Å². The number of carbonyl (C=O) groups excluding carboxylic acids is 2. The van der Waals surface area contributed by atoms with Crippen molar-refractivity contribution in [2.24, 2.45) is 0 Å². The van der Waals surface area contributed by atoms with Crippen LogP contribution in [0.3, 0.4) is 0 Å². The molecular weight excluding hydrogens is 484 g/mol. The van der Waals surface area contributed by atoms with Crippen LogP contribution in [-0.4, -0.2) is 47.0 Å². The van der Waals surface area contributed by atoms with Gasteiger partial charge in [-0.15, -0.1) is 0 Å². The van der Waals surface area contributed by atoms with Crippen LogP contribution in [0.5, 0.6) is 0 Å². The predicted octanol–water partition coefficient (Wildman–Crippen LogP) is 7.44. The normalized spacial score (nSPS) is 18.4. The fraction of sp³-hybridized carbons (Fsp3) is 0.212. The van der Waals surface area contributed by atoms with Gasteiger partial charge in [-0.2, -0.15) is 0 Å². The van der Waals surface area contributed by atoms with E-state index in [0.717, 1.165) is 42.0 Å². The Hall–Kier alpha value is -4.58. The average molecular weight is 517 g/mol. The zero-order valence-corrected chi connectivity index (χ0v) is 21.8. The highest BCUT2D eigenvalue weighted by molar-refractivity contribution is 6.01. The lowest BCUT2D eigenvalue weighted by atomic mass is 9.91. The quantitative estimate of drug-likeness (QED) is 0.283. The SMILES string of the molecule is O=C(N1C[C@H]2CCC[C@@H](C1)N2C(=O)N(c1ccccc1)c1ccccc1)N(c1ccccc1)c1ccccc1. The first-order chi connectivity index (χ1) is 19.2. The number of carbonyl (C=O) groups is 2. The molecular formula is C33H32N4O2. The van der Waals surface area contributed by atoms with Gasteiger partial charge in [0, 0.05) is 13.1 Å². The van der Waals surface area contributed by atoms with E-state index in [1.54, 1.807) is 4.90 Å². The molecule has 0 unspecified atom stereocenters. The minimum Gasteiger partial charge on any atom is -0.320 e. The largest absolute Gasteiger partial charge is 0.329 e. The summed E-state index contributed by atoms with van der Waals surface area (Å²) in [5.41, 5.74) is 3.34. The van der Waals surface area contributed by atoms with Crippen molar-refractivity contribution in [3.05, 3.63) is 121 Å². The van der Waals surface area contributed by atoms with Gasteiger partial charge in [0.05, 0.1) is 34.8 Å². The highest BCUT2D eigenvalue weighted by Gasteiger charge is 2.44. The van der Waals surface area contributed by atoms with Gasteiger partial charge >= 0.3 is 12.1 Å². The molecule has 6 nitrogen and oxygen atoms in total. The van der Waals surface area contributed by atoms with Gasteiger partial charge in [0.1, 0.15) is 0 Å².